The quantitative estimate of drug-likeness (QED) is 0.546. The van der Waals surface area contributed by atoms with Crippen LogP contribution in [0.15, 0.2) is 41.8 Å². The zero-order chi connectivity index (χ0) is 16.5. The van der Waals surface area contributed by atoms with Gasteiger partial charge in [-0.1, -0.05) is 49.0 Å². The lowest BCUT2D eigenvalue weighted by Gasteiger charge is -2.08. The van der Waals surface area contributed by atoms with Gasteiger partial charge >= 0.3 is 0 Å². The number of fused-ring (bicyclic) bond motifs is 1. The summed E-state index contributed by atoms with van der Waals surface area (Å²) in [6.07, 6.45) is 4.05. The zero-order valence-corrected chi connectivity index (χ0v) is 14.8. The van der Waals surface area contributed by atoms with E-state index in [4.69, 9.17) is 4.98 Å². The van der Waals surface area contributed by atoms with Crippen molar-refractivity contribution in [2.75, 3.05) is 11.1 Å². The third kappa shape index (κ3) is 2.98. The second-order valence-electron chi connectivity index (χ2n) is 6.23. The summed E-state index contributed by atoms with van der Waals surface area (Å²) >= 11 is 1.70. The van der Waals surface area contributed by atoms with Crippen molar-refractivity contribution in [1.29, 1.82) is 0 Å². The second-order valence-corrected chi connectivity index (χ2v) is 7.30. The van der Waals surface area contributed by atoms with E-state index < -0.39 is 0 Å². The molecule has 0 unspecified atom stereocenters. The van der Waals surface area contributed by atoms with Crippen molar-refractivity contribution < 1.29 is 0 Å². The standard InChI is InChI=1S/C18H21N5S/c1-3-9-24-18-21-16(15-17(22-18)23(2)11-19-15)20-14-10-13(14)12-7-5-4-6-8-12/h4-8,11,13-14H,3,9-10H2,1-2H3,(H,20,21,22)/t13-,14+/m0/s1. The maximum Gasteiger partial charge on any atom is 0.191 e. The molecule has 2 aromatic heterocycles. The predicted molar refractivity (Wildman–Crippen MR) is 98.5 cm³/mol. The van der Waals surface area contributed by atoms with Gasteiger partial charge in [0, 0.05) is 24.8 Å². The van der Waals surface area contributed by atoms with Crippen LogP contribution in [0.1, 0.15) is 31.2 Å². The number of benzene rings is 1. The molecule has 4 rings (SSSR count). The molecule has 2 atom stereocenters. The van der Waals surface area contributed by atoms with Gasteiger partial charge in [-0.3, -0.25) is 0 Å². The van der Waals surface area contributed by atoms with Gasteiger partial charge < -0.3 is 9.88 Å². The predicted octanol–water partition coefficient (Wildman–Crippen LogP) is 3.83. The van der Waals surface area contributed by atoms with Gasteiger partial charge in [0.2, 0.25) is 0 Å². The van der Waals surface area contributed by atoms with E-state index in [1.54, 1.807) is 18.1 Å². The minimum Gasteiger partial charge on any atom is -0.365 e. The van der Waals surface area contributed by atoms with Gasteiger partial charge in [0.25, 0.3) is 0 Å². The highest BCUT2D eigenvalue weighted by Gasteiger charge is 2.39. The Kier molecular flexibility index (Phi) is 4.14. The van der Waals surface area contributed by atoms with E-state index in [0.717, 1.165) is 40.7 Å². The molecule has 0 aliphatic heterocycles. The summed E-state index contributed by atoms with van der Waals surface area (Å²) in [7, 11) is 1.98. The number of aryl methyl sites for hydroxylation is 1. The minimum absolute atomic E-state index is 0.427. The van der Waals surface area contributed by atoms with E-state index in [2.05, 4.69) is 52.5 Å². The average molecular weight is 339 g/mol. The van der Waals surface area contributed by atoms with E-state index in [1.165, 1.54) is 5.56 Å². The lowest BCUT2D eigenvalue weighted by Crippen LogP contribution is -2.08. The smallest absolute Gasteiger partial charge is 0.191 e. The molecule has 1 aromatic carbocycles. The molecule has 6 heteroatoms. The zero-order valence-electron chi connectivity index (χ0n) is 13.9. The van der Waals surface area contributed by atoms with Crippen molar-refractivity contribution in [2.24, 2.45) is 7.05 Å². The van der Waals surface area contributed by atoms with Crippen molar-refractivity contribution >= 4 is 28.7 Å². The molecule has 0 spiro atoms. The van der Waals surface area contributed by atoms with E-state index in [-0.39, 0.29) is 0 Å². The van der Waals surface area contributed by atoms with Gasteiger partial charge in [-0.05, 0) is 18.4 Å². The van der Waals surface area contributed by atoms with Crippen LogP contribution < -0.4 is 5.32 Å². The molecule has 24 heavy (non-hydrogen) atoms. The number of rotatable bonds is 6. The topological polar surface area (TPSA) is 55.6 Å². The van der Waals surface area contributed by atoms with E-state index in [9.17, 15) is 0 Å². The van der Waals surface area contributed by atoms with Gasteiger partial charge in [0.1, 0.15) is 0 Å². The molecule has 0 saturated heterocycles. The molecular weight excluding hydrogens is 318 g/mol. The van der Waals surface area contributed by atoms with Crippen LogP contribution in [-0.2, 0) is 7.05 Å². The summed E-state index contributed by atoms with van der Waals surface area (Å²) < 4.78 is 1.96. The van der Waals surface area contributed by atoms with E-state index in [0.29, 0.717) is 12.0 Å². The van der Waals surface area contributed by atoms with Crippen molar-refractivity contribution in [3.05, 3.63) is 42.2 Å². The lowest BCUT2D eigenvalue weighted by atomic mass is 10.1. The fourth-order valence-electron chi connectivity index (χ4n) is 2.94. The Labute approximate surface area is 145 Å². The van der Waals surface area contributed by atoms with Gasteiger partial charge in [0.15, 0.2) is 22.1 Å². The number of nitrogens with one attached hydrogen (secondary N) is 1. The summed E-state index contributed by atoms with van der Waals surface area (Å²) in [5.74, 6) is 2.45. The van der Waals surface area contributed by atoms with E-state index in [1.807, 2.05) is 11.6 Å². The van der Waals surface area contributed by atoms with Crippen LogP contribution in [0.3, 0.4) is 0 Å². The molecule has 1 N–H and O–H groups in total. The van der Waals surface area contributed by atoms with Crippen molar-refractivity contribution in [2.45, 2.75) is 36.9 Å². The second kappa shape index (κ2) is 6.43. The van der Waals surface area contributed by atoms with Crippen molar-refractivity contribution in [3.8, 4) is 0 Å². The molecule has 2 heterocycles. The molecule has 3 aromatic rings. The molecule has 1 aliphatic carbocycles. The maximum absolute atomic E-state index is 4.72. The monoisotopic (exact) mass is 339 g/mol. The highest BCUT2D eigenvalue weighted by molar-refractivity contribution is 7.99. The third-order valence-corrected chi connectivity index (χ3v) is 5.37. The van der Waals surface area contributed by atoms with Gasteiger partial charge in [0.05, 0.1) is 6.33 Å². The lowest BCUT2D eigenvalue weighted by molar-refractivity contribution is 0.896. The first-order valence-corrected chi connectivity index (χ1v) is 9.38. The first-order chi connectivity index (χ1) is 11.8. The number of aromatic nitrogens is 4. The first kappa shape index (κ1) is 15.4. The Morgan fingerprint density at radius 3 is 2.88 bits per heavy atom. The minimum atomic E-state index is 0.427. The number of anilines is 1. The number of nitrogens with zero attached hydrogens (tertiary/aromatic N) is 4. The average Bonchev–Trinajstić information content (AvgIpc) is 3.28. The van der Waals surface area contributed by atoms with Gasteiger partial charge in [-0.2, -0.15) is 0 Å². The molecule has 0 bridgehead atoms. The number of hydrogen-bond acceptors (Lipinski definition) is 5. The fourth-order valence-corrected chi connectivity index (χ4v) is 3.64. The summed E-state index contributed by atoms with van der Waals surface area (Å²) in [4.78, 5) is 13.9. The Morgan fingerprint density at radius 2 is 2.08 bits per heavy atom. The Bertz CT molecular complexity index is 845. The molecule has 124 valence electrons. The summed E-state index contributed by atoms with van der Waals surface area (Å²) in [6.45, 7) is 2.17. The van der Waals surface area contributed by atoms with Crippen LogP contribution in [0.4, 0.5) is 5.82 Å². The summed E-state index contributed by atoms with van der Waals surface area (Å²) in [5.41, 5.74) is 3.14. The van der Waals surface area contributed by atoms with Crippen LogP contribution in [0, 0.1) is 0 Å². The number of hydrogen-bond donors (Lipinski definition) is 1. The van der Waals surface area contributed by atoms with Crippen LogP contribution in [0.5, 0.6) is 0 Å². The van der Waals surface area contributed by atoms with Crippen LogP contribution in [0.2, 0.25) is 0 Å². The molecule has 0 amide bonds. The number of thioether (sulfide) groups is 1. The SMILES string of the molecule is CCCSc1nc(N[C@@H]2C[C@H]2c2ccccc2)c2ncn(C)c2n1. The van der Waals surface area contributed by atoms with E-state index >= 15 is 0 Å². The van der Waals surface area contributed by atoms with Crippen LogP contribution >= 0.6 is 11.8 Å². The normalized spacial score (nSPS) is 19.6. The highest BCUT2D eigenvalue weighted by Crippen LogP contribution is 2.43. The first-order valence-electron chi connectivity index (χ1n) is 8.39. The summed E-state index contributed by atoms with van der Waals surface area (Å²) in [5, 5.41) is 4.42. The Morgan fingerprint density at radius 1 is 1.25 bits per heavy atom. The van der Waals surface area contributed by atoms with Crippen molar-refractivity contribution in [3.63, 3.8) is 0 Å². The van der Waals surface area contributed by atoms with Crippen LogP contribution in [-0.4, -0.2) is 31.3 Å². The summed E-state index contributed by atoms with van der Waals surface area (Å²) in [6, 6.07) is 11.1. The molecule has 1 saturated carbocycles. The van der Waals surface area contributed by atoms with Crippen LogP contribution in [0.25, 0.3) is 11.2 Å². The fraction of sp³-hybridized carbons (Fsp3) is 0.389. The van der Waals surface area contributed by atoms with Gasteiger partial charge in [-0.25, -0.2) is 15.0 Å². The Hall–Kier alpha value is -2.08. The molecule has 0 radical (unpaired) electrons. The maximum atomic E-state index is 4.72. The highest BCUT2D eigenvalue weighted by atomic mass is 32.2. The molecular formula is C18H21N5S. The van der Waals surface area contributed by atoms with Crippen molar-refractivity contribution in [1.82, 2.24) is 19.5 Å². The largest absolute Gasteiger partial charge is 0.365 e. The third-order valence-electron chi connectivity index (χ3n) is 4.31. The molecule has 1 aliphatic rings. The molecule has 5 nitrogen and oxygen atoms in total. The number of imidazole rings is 1. The van der Waals surface area contributed by atoms with Gasteiger partial charge in [-0.15, -0.1) is 0 Å². The molecule has 1 fully saturated rings. The Balaban J connectivity index is 1.59.